The molecule has 0 saturated carbocycles. The van der Waals surface area contributed by atoms with Gasteiger partial charge in [0, 0.05) is 22.5 Å². The number of nitrogens with zero attached hydrogens (tertiary/aromatic N) is 1. The molecular weight excluding hydrogens is 297 g/mol. The third-order valence-electron chi connectivity index (χ3n) is 3.43. The van der Waals surface area contributed by atoms with Crippen molar-refractivity contribution in [3.8, 4) is 0 Å². The maximum Gasteiger partial charge on any atom is 0.127 e. The Hall–Kier alpha value is -0.940. The van der Waals surface area contributed by atoms with Crippen LogP contribution in [0.1, 0.15) is 18.4 Å². The topological polar surface area (TPSA) is 53.1 Å². The third-order valence-corrected chi connectivity index (χ3v) is 3.92. The van der Waals surface area contributed by atoms with E-state index in [1.54, 1.807) is 6.07 Å². The van der Waals surface area contributed by atoms with Gasteiger partial charge in [-0.1, -0.05) is 15.9 Å². The highest BCUT2D eigenvalue weighted by Gasteiger charge is 2.21. The number of nitrogens with two attached hydrogens (primary N) is 1. The van der Waals surface area contributed by atoms with Crippen molar-refractivity contribution in [1.82, 2.24) is 4.90 Å². The zero-order chi connectivity index (χ0) is 13.1. The molecular formula is C13H17BrFN3. The summed E-state index contributed by atoms with van der Waals surface area (Å²) >= 11 is 3.36. The summed E-state index contributed by atoms with van der Waals surface area (Å²) in [6.07, 6.45) is 1.79. The van der Waals surface area contributed by atoms with Crippen LogP contribution in [0.3, 0.4) is 0 Å². The van der Waals surface area contributed by atoms with Gasteiger partial charge >= 0.3 is 0 Å². The van der Waals surface area contributed by atoms with Crippen molar-refractivity contribution in [2.75, 3.05) is 13.1 Å². The summed E-state index contributed by atoms with van der Waals surface area (Å²) < 4.78 is 14.5. The molecule has 3 nitrogen and oxygen atoms in total. The first kappa shape index (κ1) is 13.5. The zero-order valence-electron chi connectivity index (χ0n) is 10.1. The number of piperidine rings is 1. The molecule has 3 N–H and O–H groups in total. The summed E-state index contributed by atoms with van der Waals surface area (Å²) in [5, 5.41) is 7.43. The van der Waals surface area contributed by atoms with Gasteiger partial charge in [0.05, 0.1) is 5.84 Å². The van der Waals surface area contributed by atoms with Crippen molar-refractivity contribution < 1.29 is 4.39 Å². The fraction of sp³-hybridized carbons (Fsp3) is 0.462. The number of halogens is 2. The van der Waals surface area contributed by atoms with Gasteiger partial charge in [0.25, 0.3) is 0 Å². The predicted octanol–water partition coefficient (Wildman–Crippen LogP) is 2.74. The maximum absolute atomic E-state index is 13.6. The van der Waals surface area contributed by atoms with E-state index in [-0.39, 0.29) is 17.6 Å². The molecule has 0 radical (unpaired) electrons. The molecule has 1 saturated heterocycles. The fourth-order valence-corrected chi connectivity index (χ4v) is 2.72. The van der Waals surface area contributed by atoms with Crippen molar-refractivity contribution in [1.29, 1.82) is 5.41 Å². The molecule has 1 aliphatic heterocycles. The average Bonchev–Trinajstić information content (AvgIpc) is 2.34. The van der Waals surface area contributed by atoms with Crippen molar-refractivity contribution >= 4 is 21.8 Å². The summed E-state index contributed by atoms with van der Waals surface area (Å²) in [5.41, 5.74) is 6.22. The lowest BCUT2D eigenvalue weighted by molar-refractivity contribution is 0.199. The zero-order valence-corrected chi connectivity index (χ0v) is 11.7. The van der Waals surface area contributed by atoms with Gasteiger partial charge in [-0.05, 0) is 44.1 Å². The number of amidine groups is 1. The van der Waals surface area contributed by atoms with Crippen LogP contribution in [0.2, 0.25) is 0 Å². The molecule has 5 heteroatoms. The summed E-state index contributed by atoms with van der Waals surface area (Å²) in [6, 6.07) is 5.02. The molecule has 1 aromatic carbocycles. The van der Waals surface area contributed by atoms with Crippen LogP contribution in [0.25, 0.3) is 0 Å². The van der Waals surface area contributed by atoms with E-state index in [0.29, 0.717) is 12.1 Å². The Balaban J connectivity index is 1.95. The van der Waals surface area contributed by atoms with Crippen LogP contribution in [0.4, 0.5) is 4.39 Å². The Kier molecular flexibility index (Phi) is 4.35. The highest BCUT2D eigenvalue weighted by molar-refractivity contribution is 9.10. The summed E-state index contributed by atoms with van der Waals surface area (Å²) in [6.45, 7) is 2.36. The molecule has 1 aromatic rings. The molecule has 1 heterocycles. The van der Waals surface area contributed by atoms with E-state index in [9.17, 15) is 4.39 Å². The fourth-order valence-electron chi connectivity index (χ4n) is 2.31. The minimum atomic E-state index is -0.160. The van der Waals surface area contributed by atoms with Crippen LogP contribution in [0.5, 0.6) is 0 Å². The number of benzene rings is 1. The summed E-state index contributed by atoms with van der Waals surface area (Å²) in [7, 11) is 0. The largest absolute Gasteiger partial charge is 0.387 e. The average molecular weight is 314 g/mol. The molecule has 0 bridgehead atoms. The Morgan fingerprint density at radius 3 is 2.72 bits per heavy atom. The summed E-state index contributed by atoms with van der Waals surface area (Å²) in [5.74, 6) is 0.323. The molecule has 0 spiro atoms. The van der Waals surface area contributed by atoms with Gasteiger partial charge < -0.3 is 5.73 Å². The number of hydrogen-bond donors (Lipinski definition) is 2. The quantitative estimate of drug-likeness (QED) is 0.666. The van der Waals surface area contributed by atoms with Gasteiger partial charge in [0.1, 0.15) is 5.82 Å². The lowest BCUT2D eigenvalue weighted by atomic mass is 9.95. The smallest absolute Gasteiger partial charge is 0.127 e. The number of rotatable bonds is 3. The van der Waals surface area contributed by atoms with E-state index in [2.05, 4.69) is 20.8 Å². The van der Waals surface area contributed by atoms with Crippen LogP contribution in [0.15, 0.2) is 22.7 Å². The molecule has 98 valence electrons. The van der Waals surface area contributed by atoms with Gasteiger partial charge in [-0.15, -0.1) is 0 Å². The normalized spacial score (nSPS) is 17.9. The second-order valence-electron chi connectivity index (χ2n) is 4.74. The van der Waals surface area contributed by atoms with Crippen molar-refractivity contribution in [2.24, 2.45) is 11.7 Å². The molecule has 0 atom stereocenters. The second kappa shape index (κ2) is 5.80. The summed E-state index contributed by atoms with van der Waals surface area (Å²) in [4.78, 5) is 2.21. The monoisotopic (exact) mass is 313 g/mol. The van der Waals surface area contributed by atoms with Crippen LogP contribution in [-0.2, 0) is 6.54 Å². The van der Waals surface area contributed by atoms with E-state index in [4.69, 9.17) is 11.1 Å². The number of nitrogens with one attached hydrogen (secondary N) is 1. The highest BCUT2D eigenvalue weighted by atomic mass is 79.9. The Morgan fingerprint density at radius 2 is 2.11 bits per heavy atom. The number of likely N-dealkylation sites (tertiary alicyclic amines) is 1. The predicted molar refractivity (Wildman–Crippen MR) is 74.0 cm³/mol. The Morgan fingerprint density at radius 1 is 1.44 bits per heavy atom. The SMILES string of the molecule is N=C(N)C1CCN(Cc2cc(Br)ccc2F)CC1. The van der Waals surface area contributed by atoms with Crippen LogP contribution in [0, 0.1) is 17.1 Å². The van der Waals surface area contributed by atoms with Crippen molar-refractivity contribution in [3.05, 3.63) is 34.1 Å². The Labute approximate surface area is 115 Å². The molecule has 1 aliphatic rings. The molecule has 1 fully saturated rings. The van der Waals surface area contributed by atoms with E-state index < -0.39 is 0 Å². The standard InChI is InChI=1S/C13H17BrFN3/c14-11-1-2-12(15)10(7-11)8-18-5-3-9(4-6-18)13(16)17/h1-2,7,9H,3-6,8H2,(H3,16,17). The van der Waals surface area contributed by atoms with Crippen LogP contribution >= 0.6 is 15.9 Å². The van der Waals surface area contributed by atoms with Crippen LogP contribution < -0.4 is 5.73 Å². The van der Waals surface area contributed by atoms with Crippen molar-refractivity contribution in [3.63, 3.8) is 0 Å². The Bertz CT molecular complexity index is 442. The van der Waals surface area contributed by atoms with E-state index in [0.717, 1.165) is 30.4 Å². The molecule has 0 amide bonds. The van der Waals surface area contributed by atoms with Gasteiger partial charge in [0.2, 0.25) is 0 Å². The van der Waals surface area contributed by atoms with Gasteiger partial charge in [-0.25, -0.2) is 4.39 Å². The molecule has 0 aliphatic carbocycles. The highest BCUT2D eigenvalue weighted by Crippen LogP contribution is 2.21. The van der Waals surface area contributed by atoms with Gasteiger partial charge in [0.15, 0.2) is 0 Å². The minimum absolute atomic E-state index is 0.160. The first-order valence-electron chi connectivity index (χ1n) is 6.06. The molecule has 18 heavy (non-hydrogen) atoms. The van der Waals surface area contributed by atoms with E-state index in [1.165, 1.54) is 6.07 Å². The molecule has 0 unspecified atom stereocenters. The first-order chi connectivity index (χ1) is 8.56. The van der Waals surface area contributed by atoms with Gasteiger partial charge in [-0.3, -0.25) is 10.3 Å². The number of hydrogen-bond acceptors (Lipinski definition) is 2. The maximum atomic E-state index is 13.6. The lowest BCUT2D eigenvalue weighted by Crippen LogP contribution is -2.38. The minimum Gasteiger partial charge on any atom is -0.387 e. The molecule has 0 aromatic heterocycles. The third kappa shape index (κ3) is 3.29. The van der Waals surface area contributed by atoms with Crippen LogP contribution in [-0.4, -0.2) is 23.8 Å². The lowest BCUT2D eigenvalue weighted by Gasteiger charge is -2.31. The molecule has 2 rings (SSSR count). The first-order valence-corrected chi connectivity index (χ1v) is 6.86. The van der Waals surface area contributed by atoms with E-state index in [1.807, 2.05) is 6.07 Å². The van der Waals surface area contributed by atoms with Crippen molar-refractivity contribution in [2.45, 2.75) is 19.4 Å². The second-order valence-corrected chi connectivity index (χ2v) is 5.66. The van der Waals surface area contributed by atoms with E-state index >= 15 is 0 Å². The van der Waals surface area contributed by atoms with Gasteiger partial charge in [-0.2, -0.15) is 0 Å².